The summed E-state index contributed by atoms with van der Waals surface area (Å²) in [5.74, 6) is 0.581. The van der Waals surface area contributed by atoms with Gasteiger partial charge in [0.2, 0.25) is 0 Å². The number of hydrogen-bond acceptors (Lipinski definition) is 8. The summed E-state index contributed by atoms with van der Waals surface area (Å²) in [5, 5.41) is 7.68. The minimum atomic E-state index is -0.278. The summed E-state index contributed by atoms with van der Waals surface area (Å²) in [7, 11) is 4.02. The Bertz CT molecular complexity index is 1230. The fraction of sp³-hybridized carbons (Fsp3) is 0.304. The van der Waals surface area contributed by atoms with Gasteiger partial charge in [0.05, 0.1) is 17.9 Å². The SMILES string of the molecule is C[C@H](Nc1cc(-c2c(N)nn3cccnc23)nc(OCCCN(C)C)n1)c1ccc(F)cc1. The van der Waals surface area contributed by atoms with Crippen LogP contribution in [0.25, 0.3) is 16.9 Å². The molecule has 4 aromatic rings. The fourth-order valence-electron chi connectivity index (χ4n) is 3.44. The quantitative estimate of drug-likeness (QED) is 0.374. The van der Waals surface area contributed by atoms with Crippen molar-refractivity contribution in [2.75, 3.05) is 38.3 Å². The third-order valence-electron chi connectivity index (χ3n) is 5.10. The summed E-state index contributed by atoms with van der Waals surface area (Å²) in [6, 6.07) is 10.0. The molecule has 0 amide bonds. The minimum absolute atomic E-state index is 0.130. The summed E-state index contributed by atoms with van der Waals surface area (Å²) < 4.78 is 20.8. The largest absolute Gasteiger partial charge is 0.463 e. The van der Waals surface area contributed by atoms with E-state index in [4.69, 9.17) is 10.5 Å². The molecule has 0 aliphatic heterocycles. The van der Waals surface area contributed by atoms with E-state index in [1.807, 2.05) is 21.0 Å². The van der Waals surface area contributed by atoms with Crippen molar-refractivity contribution in [3.05, 3.63) is 60.2 Å². The van der Waals surface area contributed by atoms with Crippen molar-refractivity contribution < 1.29 is 9.13 Å². The molecule has 0 spiro atoms. The number of aromatic nitrogens is 5. The van der Waals surface area contributed by atoms with Crippen LogP contribution in [0, 0.1) is 5.82 Å². The zero-order valence-electron chi connectivity index (χ0n) is 18.9. The van der Waals surface area contributed by atoms with Crippen LogP contribution in [0.5, 0.6) is 6.01 Å². The molecule has 3 heterocycles. The maximum absolute atomic E-state index is 13.3. The number of nitrogen functional groups attached to an aromatic ring is 1. The third-order valence-corrected chi connectivity index (χ3v) is 5.10. The van der Waals surface area contributed by atoms with Gasteiger partial charge in [-0.15, -0.1) is 5.10 Å². The fourth-order valence-corrected chi connectivity index (χ4v) is 3.44. The third kappa shape index (κ3) is 5.35. The van der Waals surface area contributed by atoms with Crippen molar-refractivity contribution in [1.82, 2.24) is 29.5 Å². The lowest BCUT2D eigenvalue weighted by Crippen LogP contribution is -2.16. The number of benzene rings is 1. The minimum Gasteiger partial charge on any atom is -0.463 e. The van der Waals surface area contributed by atoms with E-state index in [9.17, 15) is 4.39 Å². The van der Waals surface area contributed by atoms with E-state index in [2.05, 4.69) is 30.3 Å². The van der Waals surface area contributed by atoms with Gasteiger partial charge in [0.25, 0.3) is 0 Å². The molecule has 0 unspecified atom stereocenters. The Morgan fingerprint density at radius 1 is 1.21 bits per heavy atom. The molecule has 0 aliphatic rings. The van der Waals surface area contributed by atoms with Crippen molar-refractivity contribution >= 4 is 17.3 Å². The zero-order valence-corrected chi connectivity index (χ0v) is 18.9. The van der Waals surface area contributed by atoms with E-state index >= 15 is 0 Å². The molecule has 0 saturated carbocycles. The topological polar surface area (TPSA) is 106 Å². The highest BCUT2D eigenvalue weighted by Gasteiger charge is 2.18. The van der Waals surface area contributed by atoms with Crippen LogP contribution in [0.3, 0.4) is 0 Å². The molecule has 172 valence electrons. The first-order valence-electron chi connectivity index (χ1n) is 10.7. The number of nitrogens with zero attached hydrogens (tertiary/aromatic N) is 6. The molecule has 4 rings (SSSR count). The normalized spacial score (nSPS) is 12.3. The van der Waals surface area contributed by atoms with Crippen LogP contribution in [0.1, 0.15) is 24.9 Å². The van der Waals surface area contributed by atoms with E-state index in [1.165, 1.54) is 12.1 Å². The van der Waals surface area contributed by atoms with Crippen molar-refractivity contribution in [2.45, 2.75) is 19.4 Å². The molecule has 0 aliphatic carbocycles. The van der Waals surface area contributed by atoms with Gasteiger partial charge in [-0.25, -0.2) is 13.9 Å². The second-order valence-electron chi connectivity index (χ2n) is 7.99. The van der Waals surface area contributed by atoms with Crippen LogP contribution in [-0.4, -0.2) is 56.7 Å². The Morgan fingerprint density at radius 3 is 2.76 bits per heavy atom. The van der Waals surface area contributed by atoms with Gasteiger partial charge in [0, 0.05) is 31.0 Å². The van der Waals surface area contributed by atoms with E-state index < -0.39 is 0 Å². The van der Waals surface area contributed by atoms with Crippen LogP contribution in [0.15, 0.2) is 48.8 Å². The Hall–Kier alpha value is -3.79. The van der Waals surface area contributed by atoms with Crippen LogP contribution in [0.4, 0.5) is 16.0 Å². The first-order chi connectivity index (χ1) is 15.9. The highest BCUT2D eigenvalue weighted by Crippen LogP contribution is 2.31. The maximum atomic E-state index is 13.3. The number of anilines is 2. The predicted octanol–water partition coefficient (Wildman–Crippen LogP) is 3.41. The molecule has 10 heteroatoms. The van der Waals surface area contributed by atoms with Crippen LogP contribution < -0.4 is 15.8 Å². The molecule has 1 aromatic carbocycles. The standard InChI is InChI=1S/C23H27FN8O/c1-15(16-6-8-17(24)9-7-16)27-19-14-18(28-23(29-19)33-13-5-11-31(2)3)20-21(25)30-32-12-4-10-26-22(20)32/h4,6-10,12,14-15H,5,11,13H2,1-3H3,(H2,25,30)(H,27,28,29)/t15-/m0/s1. The average molecular weight is 451 g/mol. The van der Waals surface area contributed by atoms with E-state index in [0.29, 0.717) is 35.1 Å². The smallest absolute Gasteiger partial charge is 0.318 e. The molecule has 9 nitrogen and oxygen atoms in total. The molecular formula is C23H27FN8O. The highest BCUT2D eigenvalue weighted by atomic mass is 19.1. The number of halogens is 1. The molecular weight excluding hydrogens is 423 g/mol. The van der Waals surface area contributed by atoms with Crippen molar-refractivity contribution in [3.63, 3.8) is 0 Å². The molecule has 33 heavy (non-hydrogen) atoms. The maximum Gasteiger partial charge on any atom is 0.318 e. The summed E-state index contributed by atoms with van der Waals surface area (Å²) >= 11 is 0. The molecule has 0 radical (unpaired) electrons. The Labute approximate surface area is 191 Å². The van der Waals surface area contributed by atoms with Gasteiger partial charge >= 0.3 is 6.01 Å². The number of rotatable bonds is 9. The van der Waals surface area contributed by atoms with Gasteiger partial charge in [0.15, 0.2) is 11.5 Å². The van der Waals surface area contributed by atoms with E-state index in [0.717, 1.165) is 18.5 Å². The summed E-state index contributed by atoms with van der Waals surface area (Å²) in [6.45, 7) is 3.33. The molecule has 3 N–H and O–H groups in total. The van der Waals surface area contributed by atoms with Gasteiger partial charge in [-0.2, -0.15) is 9.97 Å². The monoisotopic (exact) mass is 450 g/mol. The van der Waals surface area contributed by atoms with Crippen LogP contribution >= 0.6 is 0 Å². The molecule has 0 bridgehead atoms. The Morgan fingerprint density at radius 2 is 2.00 bits per heavy atom. The molecule has 0 fully saturated rings. The van der Waals surface area contributed by atoms with Gasteiger partial charge in [-0.3, -0.25) is 0 Å². The molecule has 1 atom stereocenters. The average Bonchev–Trinajstić information content (AvgIpc) is 3.12. The first kappa shape index (κ1) is 22.4. The lowest BCUT2D eigenvalue weighted by molar-refractivity contribution is 0.264. The van der Waals surface area contributed by atoms with Gasteiger partial charge in [-0.05, 0) is 51.2 Å². The Balaban J connectivity index is 1.67. The van der Waals surface area contributed by atoms with Crippen molar-refractivity contribution in [3.8, 4) is 17.3 Å². The highest BCUT2D eigenvalue weighted by molar-refractivity contribution is 5.85. The van der Waals surface area contributed by atoms with Gasteiger partial charge in [0.1, 0.15) is 11.6 Å². The number of hydrogen-bond donors (Lipinski definition) is 2. The Kier molecular flexibility index (Phi) is 6.64. The van der Waals surface area contributed by atoms with Gasteiger partial charge < -0.3 is 20.7 Å². The second kappa shape index (κ2) is 9.78. The number of nitrogens with one attached hydrogen (secondary N) is 1. The number of ether oxygens (including phenoxy) is 1. The van der Waals surface area contributed by atoms with Crippen molar-refractivity contribution in [2.24, 2.45) is 0 Å². The second-order valence-corrected chi connectivity index (χ2v) is 7.99. The lowest BCUT2D eigenvalue weighted by atomic mass is 10.1. The summed E-state index contributed by atoms with van der Waals surface area (Å²) in [5.41, 5.74) is 8.87. The summed E-state index contributed by atoms with van der Waals surface area (Å²) in [6.07, 6.45) is 4.28. The van der Waals surface area contributed by atoms with Crippen LogP contribution in [-0.2, 0) is 0 Å². The van der Waals surface area contributed by atoms with Gasteiger partial charge in [-0.1, -0.05) is 12.1 Å². The van der Waals surface area contributed by atoms with E-state index in [1.54, 1.807) is 41.2 Å². The molecule has 3 aromatic heterocycles. The lowest BCUT2D eigenvalue weighted by Gasteiger charge is -2.16. The predicted molar refractivity (Wildman–Crippen MR) is 126 cm³/mol. The van der Waals surface area contributed by atoms with Crippen LogP contribution in [0.2, 0.25) is 0 Å². The molecule has 0 saturated heterocycles. The number of nitrogens with two attached hydrogens (primary N) is 1. The van der Waals surface area contributed by atoms with E-state index in [-0.39, 0.29) is 17.9 Å². The first-order valence-corrected chi connectivity index (χ1v) is 10.7. The summed E-state index contributed by atoms with van der Waals surface area (Å²) in [4.78, 5) is 15.6. The number of fused-ring (bicyclic) bond motifs is 1. The van der Waals surface area contributed by atoms with Crippen molar-refractivity contribution in [1.29, 1.82) is 0 Å². The zero-order chi connectivity index (χ0) is 23.4.